The van der Waals surface area contributed by atoms with E-state index >= 15 is 0 Å². The van der Waals surface area contributed by atoms with Crippen molar-refractivity contribution >= 4 is 11.6 Å². The van der Waals surface area contributed by atoms with Gasteiger partial charge in [-0.25, -0.2) is 0 Å². The summed E-state index contributed by atoms with van der Waals surface area (Å²) in [6.45, 7) is 1.68. The van der Waals surface area contributed by atoms with Gasteiger partial charge in [-0.2, -0.15) is 13.2 Å². The van der Waals surface area contributed by atoms with Gasteiger partial charge in [0.1, 0.15) is 0 Å². The molecule has 2 atom stereocenters. The van der Waals surface area contributed by atoms with Crippen molar-refractivity contribution in [3.05, 3.63) is 34.9 Å². The SMILES string of the molecule is CC(N)C(c1cccc(Cl)c1)N(C)CCC(F)(F)F. The fourth-order valence-corrected chi connectivity index (χ4v) is 2.29. The molecular weight excluding hydrogens is 277 g/mol. The Morgan fingerprint density at radius 3 is 2.47 bits per heavy atom. The van der Waals surface area contributed by atoms with E-state index in [1.165, 1.54) is 0 Å². The predicted octanol–water partition coefficient (Wildman–Crippen LogP) is 3.61. The van der Waals surface area contributed by atoms with E-state index < -0.39 is 12.6 Å². The van der Waals surface area contributed by atoms with E-state index in [0.717, 1.165) is 5.56 Å². The van der Waals surface area contributed by atoms with Crippen LogP contribution in [0, 0.1) is 0 Å². The highest BCUT2D eigenvalue weighted by Gasteiger charge is 2.29. The molecule has 0 bridgehead atoms. The number of hydrogen-bond acceptors (Lipinski definition) is 2. The molecule has 108 valence electrons. The van der Waals surface area contributed by atoms with Gasteiger partial charge >= 0.3 is 6.18 Å². The first-order valence-electron chi connectivity index (χ1n) is 5.99. The van der Waals surface area contributed by atoms with Crippen molar-refractivity contribution in [1.82, 2.24) is 4.90 Å². The Morgan fingerprint density at radius 2 is 2.00 bits per heavy atom. The maximum atomic E-state index is 12.3. The van der Waals surface area contributed by atoms with E-state index in [-0.39, 0.29) is 18.6 Å². The normalized spacial score (nSPS) is 15.6. The molecule has 0 radical (unpaired) electrons. The largest absolute Gasteiger partial charge is 0.390 e. The molecule has 0 fully saturated rings. The van der Waals surface area contributed by atoms with Crippen molar-refractivity contribution in [2.75, 3.05) is 13.6 Å². The van der Waals surface area contributed by atoms with Gasteiger partial charge in [0.25, 0.3) is 0 Å². The Bertz CT molecular complexity index is 407. The minimum atomic E-state index is -4.16. The fraction of sp³-hybridized carbons (Fsp3) is 0.538. The van der Waals surface area contributed by atoms with Crippen molar-refractivity contribution in [2.45, 2.75) is 31.6 Å². The maximum absolute atomic E-state index is 12.3. The molecule has 2 nitrogen and oxygen atoms in total. The highest BCUT2D eigenvalue weighted by molar-refractivity contribution is 6.30. The zero-order valence-electron chi connectivity index (χ0n) is 10.9. The zero-order chi connectivity index (χ0) is 14.6. The molecule has 1 rings (SSSR count). The standard InChI is InChI=1S/C13H18ClF3N2/c1-9(18)12(10-4-3-5-11(14)8-10)19(2)7-6-13(15,16)17/h3-5,8-9,12H,6-7,18H2,1-2H3. The summed E-state index contributed by atoms with van der Waals surface area (Å²) in [7, 11) is 1.64. The number of alkyl halides is 3. The second-order valence-electron chi connectivity index (χ2n) is 4.70. The minimum Gasteiger partial charge on any atom is -0.326 e. The van der Waals surface area contributed by atoms with Crippen molar-refractivity contribution < 1.29 is 13.2 Å². The van der Waals surface area contributed by atoms with Crippen LogP contribution in [-0.4, -0.2) is 30.7 Å². The lowest BCUT2D eigenvalue weighted by atomic mass is 9.99. The summed E-state index contributed by atoms with van der Waals surface area (Å²) in [5, 5.41) is 0.548. The van der Waals surface area contributed by atoms with Gasteiger partial charge in [0, 0.05) is 23.7 Å². The first kappa shape index (κ1) is 16.3. The summed E-state index contributed by atoms with van der Waals surface area (Å²) in [4.78, 5) is 1.61. The van der Waals surface area contributed by atoms with Gasteiger partial charge in [-0.05, 0) is 31.7 Å². The van der Waals surface area contributed by atoms with Crippen LogP contribution in [0.1, 0.15) is 24.9 Å². The van der Waals surface area contributed by atoms with Crippen LogP contribution < -0.4 is 5.73 Å². The van der Waals surface area contributed by atoms with E-state index in [4.69, 9.17) is 17.3 Å². The molecule has 0 saturated carbocycles. The average Bonchev–Trinajstić information content (AvgIpc) is 2.25. The quantitative estimate of drug-likeness (QED) is 0.899. The summed E-state index contributed by atoms with van der Waals surface area (Å²) in [6.07, 6.45) is -5.02. The molecule has 0 aliphatic rings. The van der Waals surface area contributed by atoms with Gasteiger partial charge < -0.3 is 5.73 Å². The van der Waals surface area contributed by atoms with Crippen LogP contribution in [0.3, 0.4) is 0 Å². The first-order chi connectivity index (χ1) is 8.70. The summed E-state index contributed by atoms with van der Waals surface area (Å²) in [5.74, 6) is 0. The van der Waals surface area contributed by atoms with E-state index in [0.29, 0.717) is 5.02 Å². The summed E-state index contributed by atoms with van der Waals surface area (Å²) in [6, 6.07) is 6.46. The summed E-state index contributed by atoms with van der Waals surface area (Å²) >= 11 is 5.91. The van der Waals surface area contributed by atoms with E-state index in [2.05, 4.69) is 0 Å². The second-order valence-corrected chi connectivity index (χ2v) is 5.14. The van der Waals surface area contributed by atoms with Crippen LogP contribution in [0.15, 0.2) is 24.3 Å². The lowest BCUT2D eigenvalue weighted by Crippen LogP contribution is -2.38. The van der Waals surface area contributed by atoms with Gasteiger partial charge in [0.15, 0.2) is 0 Å². The number of benzene rings is 1. The monoisotopic (exact) mass is 294 g/mol. The van der Waals surface area contributed by atoms with Crippen molar-refractivity contribution in [3.63, 3.8) is 0 Å². The minimum absolute atomic E-state index is 0.0950. The zero-order valence-corrected chi connectivity index (χ0v) is 11.7. The number of halogens is 4. The Labute approximate surface area is 116 Å². The van der Waals surface area contributed by atoms with Crippen molar-refractivity contribution in [3.8, 4) is 0 Å². The highest BCUT2D eigenvalue weighted by Crippen LogP contribution is 2.27. The van der Waals surface area contributed by atoms with E-state index in [1.54, 1.807) is 37.1 Å². The maximum Gasteiger partial charge on any atom is 0.390 e. The van der Waals surface area contributed by atoms with Crippen LogP contribution in [0.25, 0.3) is 0 Å². The molecule has 6 heteroatoms. The van der Waals surface area contributed by atoms with E-state index in [9.17, 15) is 13.2 Å². The third kappa shape index (κ3) is 5.38. The van der Waals surface area contributed by atoms with Crippen LogP contribution in [0.5, 0.6) is 0 Å². The van der Waals surface area contributed by atoms with Gasteiger partial charge in [0.05, 0.1) is 6.42 Å². The topological polar surface area (TPSA) is 29.3 Å². The number of nitrogens with zero attached hydrogens (tertiary/aromatic N) is 1. The summed E-state index contributed by atoms with van der Waals surface area (Å²) < 4.78 is 36.8. The number of nitrogens with two attached hydrogens (primary N) is 1. The Balaban J connectivity index is 2.83. The first-order valence-corrected chi connectivity index (χ1v) is 6.36. The molecule has 0 saturated heterocycles. The molecule has 0 heterocycles. The predicted molar refractivity (Wildman–Crippen MR) is 71.1 cm³/mol. The lowest BCUT2D eigenvalue weighted by molar-refractivity contribution is -0.138. The Kier molecular flexibility index (Phi) is 5.64. The van der Waals surface area contributed by atoms with Crippen LogP contribution >= 0.6 is 11.6 Å². The molecule has 0 aromatic heterocycles. The molecular formula is C13H18ClF3N2. The molecule has 1 aromatic rings. The molecule has 0 aliphatic heterocycles. The average molecular weight is 295 g/mol. The van der Waals surface area contributed by atoms with E-state index in [1.807, 2.05) is 6.07 Å². The lowest BCUT2D eigenvalue weighted by Gasteiger charge is -2.31. The molecule has 0 spiro atoms. The Hall–Kier alpha value is -0.780. The number of hydrogen-bond donors (Lipinski definition) is 1. The fourth-order valence-electron chi connectivity index (χ4n) is 2.09. The molecule has 0 aliphatic carbocycles. The van der Waals surface area contributed by atoms with Crippen LogP contribution in [-0.2, 0) is 0 Å². The number of rotatable bonds is 5. The second kappa shape index (κ2) is 6.59. The van der Waals surface area contributed by atoms with Crippen molar-refractivity contribution in [2.24, 2.45) is 5.73 Å². The molecule has 0 amide bonds. The van der Waals surface area contributed by atoms with Crippen molar-refractivity contribution in [1.29, 1.82) is 0 Å². The molecule has 2 unspecified atom stereocenters. The molecule has 1 aromatic carbocycles. The molecule has 2 N–H and O–H groups in total. The highest BCUT2D eigenvalue weighted by atomic mass is 35.5. The van der Waals surface area contributed by atoms with Crippen LogP contribution in [0.4, 0.5) is 13.2 Å². The number of likely N-dealkylation sites (N-methyl/N-ethyl adjacent to an activating group) is 1. The Morgan fingerprint density at radius 1 is 1.37 bits per heavy atom. The van der Waals surface area contributed by atoms with Gasteiger partial charge in [0.2, 0.25) is 0 Å². The third-order valence-electron chi connectivity index (χ3n) is 2.91. The smallest absolute Gasteiger partial charge is 0.326 e. The van der Waals surface area contributed by atoms with Gasteiger partial charge in [-0.1, -0.05) is 23.7 Å². The van der Waals surface area contributed by atoms with Gasteiger partial charge in [-0.15, -0.1) is 0 Å². The van der Waals surface area contributed by atoms with Crippen LogP contribution in [0.2, 0.25) is 5.02 Å². The van der Waals surface area contributed by atoms with Gasteiger partial charge in [-0.3, -0.25) is 4.90 Å². The summed E-state index contributed by atoms with van der Waals surface area (Å²) in [5.41, 5.74) is 6.72. The third-order valence-corrected chi connectivity index (χ3v) is 3.15. The molecule has 19 heavy (non-hydrogen) atoms.